The molecule has 0 bridgehead atoms. The summed E-state index contributed by atoms with van der Waals surface area (Å²) in [5.41, 5.74) is -0.210. The van der Waals surface area contributed by atoms with Crippen molar-refractivity contribution >= 4 is 5.78 Å². The molecule has 0 spiro atoms. The summed E-state index contributed by atoms with van der Waals surface area (Å²) < 4.78 is 5.63. The third-order valence-corrected chi connectivity index (χ3v) is 2.10. The van der Waals surface area contributed by atoms with Crippen LogP contribution in [0.25, 0.3) is 0 Å². The molecule has 14 heavy (non-hydrogen) atoms. The Hall–Kier alpha value is -0.990. The van der Waals surface area contributed by atoms with Gasteiger partial charge in [-0.3, -0.25) is 4.79 Å². The van der Waals surface area contributed by atoms with E-state index in [1.165, 1.54) is 0 Å². The van der Waals surface area contributed by atoms with Crippen LogP contribution in [0.15, 0.2) is 12.5 Å². The highest BCUT2D eigenvalue weighted by atomic mass is 16.5. The van der Waals surface area contributed by atoms with Gasteiger partial charge in [0.05, 0.1) is 0 Å². The van der Waals surface area contributed by atoms with Crippen molar-refractivity contribution < 1.29 is 9.53 Å². The molecule has 1 saturated heterocycles. The van der Waals surface area contributed by atoms with Crippen LogP contribution in [0.4, 0.5) is 0 Å². The zero-order valence-corrected chi connectivity index (χ0v) is 9.30. The molecule has 0 atom stereocenters. The molecule has 0 saturated carbocycles. The number of rotatable bonds is 2. The number of hydrogen-bond donors (Lipinski definition) is 0. The molecule has 0 amide bonds. The molecular weight excluding hydrogens is 178 g/mol. The Morgan fingerprint density at radius 2 is 1.86 bits per heavy atom. The van der Waals surface area contributed by atoms with Gasteiger partial charge in [-0.05, 0) is 27.4 Å². The summed E-state index contributed by atoms with van der Waals surface area (Å²) in [5, 5.41) is 0. The molecule has 0 aliphatic carbocycles. The van der Waals surface area contributed by atoms with E-state index in [9.17, 15) is 4.79 Å². The topological polar surface area (TPSA) is 29.5 Å². The van der Waals surface area contributed by atoms with Gasteiger partial charge in [-0.2, -0.15) is 0 Å². The number of hydrogen-bond acceptors (Lipinski definition) is 3. The number of carbonyl (C=O) groups excluding carboxylic acids is 1. The van der Waals surface area contributed by atoms with Crippen LogP contribution in [-0.2, 0) is 9.53 Å². The lowest BCUT2D eigenvalue weighted by molar-refractivity contribution is -0.121. The standard InChI is InChI=1S/C11H19NO2/c1-9(14-11(2,3)4)12-7-5-10(13)6-8-12/h1,5-8H2,2-4H3. The van der Waals surface area contributed by atoms with Crippen molar-refractivity contribution in [3.05, 3.63) is 12.5 Å². The maximum absolute atomic E-state index is 11.0. The zero-order chi connectivity index (χ0) is 10.8. The predicted molar refractivity (Wildman–Crippen MR) is 55.8 cm³/mol. The highest BCUT2D eigenvalue weighted by Gasteiger charge is 2.21. The average molecular weight is 197 g/mol. The Morgan fingerprint density at radius 1 is 1.36 bits per heavy atom. The third-order valence-electron chi connectivity index (χ3n) is 2.10. The van der Waals surface area contributed by atoms with E-state index in [0.29, 0.717) is 24.5 Å². The minimum Gasteiger partial charge on any atom is -0.474 e. The van der Waals surface area contributed by atoms with Crippen LogP contribution < -0.4 is 0 Å². The van der Waals surface area contributed by atoms with E-state index in [1.807, 2.05) is 25.7 Å². The van der Waals surface area contributed by atoms with Crippen LogP contribution in [0.5, 0.6) is 0 Å². The van der Waals surface area contributed by atoms with Crippen molar-refractivity contribution in [2.24, 2.45) is 0 Å². The minimum atomic E-state index is -0.210. The smallest absolute Gasteiger partial charge is 0.182 e. The first-order valence-electron chi connectivity index (χ1n) is 5.03. The van der Waals surface area contributed by atoms with Gasteiger partial charge in [-0.15, -0.1) is 0 Å². The van der Waals surface area contributed by atoms with Gasteiger partial charge in [-0.1, -0.05) is 0 Å². The van der Waals surface area contributed by atoms with Gasteiger partial charge >= 0.3 is 0 Å². The predicted octanol–water partition coefficient (Wildman–Crippen LogP) is 1.94. The maximum Gasteiger partial charge on any atom is 0.182 e. The molecule has 3 nitrogen and oxygen atoms in total. The number of ketones is 1. The highest BCUT2D eigenvalue weighted by Crippen LogP contribution is 2.18. The molecule has 0 aromatic carbocycles. The SMILES string of the molecule is C=C(OC(C)(C)C)N1CCC(=O)CC1. The van der Waals surface area contributed by atoms with Gasteiger partial charge in [0.25, 0.3) is 0 Å². The van der Waals surface area contributed by atoms with E-state index in [0.717, 1.165) is 13.1 Å². The van der Waals surface area contributed by atoms with Crippen molar-refractivity contribution in [1.82, 2.24) is 4.90 Å². The van der Waals surface area contributed by atoms with Crippen molar-refractivity contribution in [2.75, 3.05) is 13.1 Å². The first-order valence-corrected chi connectivity index (χ1v) is 5.03. The molecular formula is C11H19NO2. The minimum absolute atomic E-state index is 0.210. The first-order chi connectivity index (χ1) is 6.38. The zero-order valence-electron chi connectivity index (χ0n) is 9.30. The lowest BCUT2D eigenvalue weighted by Gasteiger charge is -2.33. The Kier molecular flexibility index (Phi) is 3.19. The molecule has 1 rings (SSSR count). The average Bonchev–Trinajstić information content (AvgIpc) is 2.02. The molecule has 1 aliphatic rings. The number of ether oxygens (including phenoxy) is 1. The van der Waals surface area contributed by atoms with Crippen molar-refractivity contribution in [1.29, 1.82) is 0 Å². The number of nitrogens with zero attached hydrogens (tertiary/aromatic N) is 1. The van der Waals surface area contributed by atoms with Crippen LogP contribution in [0, 0.1) is 0 Å². The highest BCUT2D eigenvalue weighted by molar-refractivity contribution is 5.79. The van der Waals surface area contributed by atoms with Crippen molar-refractivity contribution in [3.63, 3.8) is 0 Å². The van der Waals surface area contributed by atoms with E-state index < -0.39 is 0 Å². The molecule has 3 heteroatoms. The number of likely N-dealkylation sites (tertiary alicyclic amines) is 1. The lowest BCUT2D eigenvalue weighted by Crippen LogP contribution is -2.36. The lowest BCUT2D eigenvalue weighted by atomic mass is 10.1. The second-order valence-corrected chi connectivity index (χ2v) is 4.63. The van der Waals surface area contributed by atoms with Crippen LogP contribution >= 0.6 is 0 Å². The number of carbonyl (C=O) groups is 1. The maximum atomic E-state index is 11.0. The summed E-state index contributed by atoms with van der Waals surface area (Å²) in [6.07, 6.45) is 1.24. The van der Waals surface area contributed by atoms with Gasteiger partial charge < -0.3 is 9.64 Å². The van der Waals surface area contributed by atoms with Gasteiger partial charge in [0.2, 0.25) is 0 Å². The second-order valence-electron chi connectivity index (χ2n) is 4.63. The molecule has 0 aromatic rings. The monoisotopic (exact) mass is 197 g/mol. The van der Waals surface area contributed by atoms with Gasteiger partial charge in [0.15, 0.2) is 5.88 Å². The summed E-state index contributed by atoms with van der Waals surface area (Å²) in [5.74, 6) is 1.02. The van der Waals surface area contributed by atoms with Gasteiger partial charge in [0, 0.05) is 25.9 Å². The Morgan fingerprint density at radius 3 is 2.29 bits per heavy atom. The van der Waals surface area contributed by atoms with Crippen LogP contribution in [0.1, 0.15) is 33.6 Å². The van der Waals surface area contributed by atoms with Crippen molar-refractivity contribution in [3.8, 4) is 0 Å². The third kappa shape index (κ3) is 3.40. The number of Topliss-reactive ketones (excluding diaryl/α,β-unsaturated/α-hetero) is 1. The summed E-state index contributed by atoms with van der Waals surface area (Å²) in [6.45, 7) is 11.3. The van der Waals surface area contributed by atoms with Gasteiger partial charge in [-0.25, -0.2) is 0 Å². The van der Waals surface area contributed by atoms with E-state index in [2.05, 4.69) is 6.58 Å². The first kappa shape index (κ1) is 11.1. The summed E-state index contributed by atoms with van der Waals surface area (Å²) in [6, 6.07) is 0. The fraction of sp³-hybridized carbons (Fsp3) is 0.727. The Bertz CT molecular complexity index is 230. The number of piperidine rings is 1. The molecule has 0 aromatic heterocycles. The fourth-order valence-electron chi connectivity index (χ4n) is 1.42. The van der Waals surface area contributed by atoms with E-state index in [4.69, 9.17) is 4.74 Å². The van der Waals surface area contributed by atoms with E-state index in [-0.39, 0.29) is 5.60 Å². The summed E-state index contributed by atoms with van der Waals surface area (Å²) in [7, 11) is 0. The van der Waals surface area contributed by atoms with Crippen LogP contribution in [0.2, 0.25) is 0 Å². The molecule has 80 valence electrons. The Labute approximate surface area is 85.7 Å². The van der Waals surface area contributed by atoms with E-state index >= 15 is 0 Å². The van der Waals surface area contributed by atoms with Crippen molar-refractivity contribution in [2.45, 2.75) is 39.2 Å². The molecule has 1 aliphatic heterocycles. The molecule has 0 N–H and O–H groups in total. The Balaban J connectivity index is 2.42. The van der Waals surface area contributed by atoms with Crippen LogP contribution in [-0.4, -0.2) is 29.4 Å². The molecule has 1 fully saturated rings. The summed E-state index contributed by atoms with van der Waals surface area (Å²) >= 11 is 0. The molecule has 0 radical (unpaired) electrons. The molecule has 1 heterocycles. The summed E-state index contributed by atoms with van der Waals surface area (Å²) in [4.78, 5) is 13.1. The van der Waals surface area contributed by atoms with Gasteiger partial charge in [0.1, 0.15) is 11.4 Å². The van der Waals surface area contributed by atoms with Crippen LogP contribution in [0.3, 0.4) is 0 Å². The largest absolute Gasteiger partial charge is 0.474 e. The molecule has 0 unspecified atom stereocenters. The fourth-order valence-corrected chi connectivity index (χ4v) is 1.42. The normalized spacial score (nSPS) is 18.2. The quantitative estimate of drug-likeness (QED) is 0.634. The second kappa shape index (κ2) is 4.03. The van der Waals surface area contributed by atoms with E-state index in [1.54, 1.807) is 0 Å².